The molecule has 1 saturated carbocycles. The van der Waals surface area contributed by atoms with E-state index in [-0.39, 0.29) is 5.92 Å². The molecule has 6 rings (SSSR count). The van der Waals surface area contributed by atoms with Crippen molar-refractivity contribution in [1.82, 2.24) is 14.9 Å². The van der Waals surface area contributed by atoms with Crippen LogP contribution in [0.2, 0.25) is 0 Å². The third kappa shape index (κ3) is 5.51. The lowest BCUT2D eigenvalue weighted by Gasteiger charge is -2.48. The van der Waals surface area contributed by atoms with Crippen LogP contribution in [0.1, 0.15) is 43.5 Å². The van der Waals surface area contributed by atoms with Crippen LogP contribution in [0.5, 0.6) is 5.75 Å². The molecule has 3 aliphatic carbocycles. The maximum Gasteiger partial charge on any atom is 0.147 e. The van der Waals surface area contributed by atoms with E-state index in [1.807, 2.05) is 18.2 Å². The highest BCUT2D eigenvalue weighted by atomic mass is 16.5. The summed E-state index contributed by atoms with van der Waals surface area (Å²) >= 11 is 0. The summed E-state index contributed by atoms with van der Waals surface area (Å²) in [6.45, 7) is 2.95. The quantitative estimate of drug-likeness (QED) is 0.347. The maximum atomic E-state index is 11.6. The number of fused-ring (bicyclic) bond motifs is 3. The molecule has 1 fully saturated rings. The number of aliphatic hydroxyl groups is 1. The second-order valence-corrected chi connectivity index (χ2v) is 10.5. The lowest BCUT2D eigenvalue weighted by molar-refractivity contribution is -0.0574. The highest BCUT2D eigenvalue weighted by Crippen LogP contribution is 2.51. The van der Waals surface area contributed by atoms with E-state index >= 15 is 0 Å². The molecule has 36 heavy (non-hydrogen) atoms. The second-order valence-electron chi connectivity index (χ2n) is 10.5. The van der Waals surface area contributed by atoms with Gasteiger partial charge < -0.3 is 24.5 Å². The van der Waals surface area contributed by atoms with Gasteiger partial charge in [0.15, 0.2) is 0 Å². The molecule has 0 radical (unpaired) electrons. The summed E-state index contributed by atoms with van der Waals surface area (Å²) < 4.78 is 10.9. The van der Waals surface area contributed by atoms with Crippen molar-refractivity contribution in [3.05, 3.63) is 66.0 Å². The van der Waals surface area contributed by atoms with Crippen molar-refractivity contribution in [3.63, 3.8) is 0 Å². The molecule has 3 atom stereocenters. The number of ether oxygens (including phenoxy) is 2. The standard InChI is InChI=1S/C30H39N3O3/c1-33(16-7-12-28-31-26-10-6-11-27(29(26)32-28)36-19-18-35-2)17-15-30(34)21-23-13-14-24(30)20-25(23)22-8-4-3-5-9-22/h3-6,8-11,20,23-24,34H,7,12-19,21H2,1-2H3,(H,31,32)/t23-,24?,30+/m1/s1. The molecule has 3 aliphatic rings. The van der Waals surface area contributed by atoms with Crippen LogP contribution in [-0.2, 0) is 11.2 Å². The van der Waals surface area contributed by atoms with E-state index in [0.29, 0.717) is 19.1 Å². The summed E-state index contributed by atoms with van der Waals surface area (Å²) in [6.07, 6.45) is 8.29. The predicted octanol–water partition coefficient (Wildman–Crippen LogP) is 5.09. The molecule has 192 valence electrons. The Kier molecular flexibility index (Phi) is 7.75. The van der Waals surface area contributed by atoms with Gasteiger partial charge in [-0.1, -0.05) is 42.5 Å². The third-order valence-corrected chi connectivity index (χ3v) is 7.99. The van der Waals surface area contributed by atoms with E-state index in [1.54, 1.807) is 7.11 Å². The van der Waals surface area contributed by atoms with E-state index < -0.39 is 5.60 Å². The Balaban J connectivity index is 1.11. The summed E-state index contributed by atoms with van der Waals surface area (Å²) in [4.78, 5) is 10.6. The van der Waals surface area contributed by atoms with E-state index in [2.05, 4.69) is 53.3 Å². The fraction of sp³-hybridized carbons (Fsp3) is 0.500. The maximum absolute atomic E-state index is 11.6. The van der Waals surface area contributed by atoms with E-state index in [9.17, 15) is 5.11 Å². The summed E-state index contributed by atoms with van der Waals surface area (Å²) in [5.74, 6) is 2.53. The smallest absolute Gasteiger partial charge is 0.147 e. The highest BCUT2D eigenvalue weighted by Gasteiger charge is 2.46. The van der Waals surface area contributed by atoms with Gasteiger partial charge >= 0.3 is 0 Å². The van der Waals surface area contributed by atoms with Crippen molar-refractivity contribution in [1.29, 1.82) is 0 Å². The van der Waals surface area contributed by atoms with Gasteiger partial charge in [-0.05, 0) is 74.9 Å². The number of aromatic nitrogens is 2. The fourth-order valence-corrected chi connectivity index (χ4v) is 5.98. The van der Waals surface area contributed by atoms with E-state index in [4.69, 9.17) is 14.5 Å². The van der Waals surface area contributed by atoms with Gasteiger partial charge in [-0.2, -0.15) is 0 Å². The van der Waals surface area contributed by atoms with Gasteiger partial charge in [0.1, 0.15) is 23.7 Å². The molecular weight excluding hydrogens is 450 g/mol. The first-order valence-electron chi connectivity index (χ1n) is 13.3. The Bertz CT molecular complexity index is 1170. The van der Waals surface area contributed by atoms with Crippen LogP contribution in [0, 0.1) is 11.8 Å². The largest absolute Gasteiger partial charge is 0.489 e. The topological polar surface area (TPSA) is 70.6 Å². The monoisotopic (exact) mass is 489 g/mol. The average molecular weight is 490 g/mol. The fourth-order valence-electron chi connectivity index (χ4n) is 5.98. The molecule has 2 aromatic carbocycles. The minimum Gasteiger partial charge on any atom is -0.489 e. The van der Waals surface area contributed by atoms with Gasteiger partial charge in [-0.15, -0.1) is 0 Å². The van der Waals surface area contributed by atoms with Gasteiger partial charge in [-0.3, -0.25) is 0 Å². The Hall–Kier alpha value is -2.67. The first-order valence-corrected chi connectivity index (χ1v) is 13.3. The summed E-state index contributed by atoms with van der Waals surface area (Å²) in [5.41, 5.74) is 4.08. The Morgan fingerprint density at radius 1 is 1.08 bits per heavy atom. The summed E-state index contributed by atoms with van der Waals surface area (Å²) in [5, 5.41) is 11.6. The van der Waals surface area contributed by atoms with Gasteiger partial charge in [0.25, 0.3) is 0 Å². The number of imidazole rings is 1. The van der Waals surface area contributed by atoms with Crippen LogP contribution in [0.25, 0.3) is 16.6 Å². The molecule has 0 amide bonds. The molecule has 0 aliphatic heterocycles. The van der Waals surface area contributed by atoms with E-state index in [0.717, 1.165) is 67.8 Å². The normalized spacial score (nSPS) is 23.4. The number of aryl methyl sites for hydroxylation is 1. The number of nitrogens with one attached hydrogen (secondary N) is 1. The number of benzene rings is 2. The summed E-state index contributed by atoms with van der Waals surface area (Å²) in [6, 6.07) is 16.7. The van der Waals surface area contributed by atoms with Crippen LogP contribution < -0.4 is 4.74 Å². The lowest BCUT2D eigenvalue weighted by atomic mass is 9.61. The second kappa shape index (κ2) is 11.2. The number of para-hydroxylation sites is 1. The minimum absolute atomic E-state index is 0.266. The zero-order chi connectivity index (χ0) is 25.0. The van der Waals surface area contributed by atoms with Crippen molar-refractivity contribution in [2.75, 3.05) is 40.5 Å². The minimum atomic E-state index is -0.576. The lowest BCUT2D eigenvalue weighted by Crippen LogP contribution is -2.48. The Morgan fingerprint density at radius 3 is 2.72 bits per heavy atom. The molecule has 6 nitrogen and oxygen atoms in total. The van der Waals surface area contributed by atoms with Gasteiger partial charge in [0, 0.05) is 26.0 Å². The molecule has 2 bridgehead atoms. The average Bonchev–Trinajstić information content (AvgIpc) is 3.32. The molecular formula is C30H39N3O3. The number of methoxy groups -OCH3 is 1. The first-order chi connectivity index (χ1) is 17.6. The molecule has 3 aromatic rings. The molecule has 1 unspecified atom stereocenters. The van der Waals surface area contributed by atoms with Crippen LogP contribution in [0.3, 0.4) is 0 Å². The SMILES string of the molecule is COCCOc1cccc2[nH]c(CCCN(C)CC[C@]3(O)C[C@H]4CCC3C=C4c3ccccc3)nc12. The first kappa shape index (κ1) is 25.0. The molecule has 0 spiro atoms. The number of hydrogen-bond acceptors (Lipinski definition) is 5. The molecule has 2 N–H and O–H groups in total. The van der Waals surface area contributed by atoms with Gasteiger partial charge in [-0.25, -0.2) is 4.98 Å². The Morgan fingerprint density at radius 2 is 1.94 bits per heavy atom. The highest BCUT2D eigenvalue weighted by molar-refractivity contribution is 5.81. The van der Waals surface area contributed by atoms with Gasteiger partial charge in [0.2, 0.25) is 0 Å². The zero-order valence-corrected chi connectivity index (χ0v) is 21.6. The molecule has 0 saturated heterocycles. The van der Waals surface area contributed by atoms with Crippen molar-refractivity contribution in [2.45, 2.75) is 44.1 Å². The number of allylic oxidation sites excluding steroid dienone is 1. The molecule has 6 heteroatoms. The number of nitrogens with zero attached hydrogens (tertiary/aromatic N) is 2. The van der Waals surface area contributed by atoms with Crippen molar-refractivity contribution >= 4 is 16.6 Å². The van der Waals surface area contributed by atoms with Crippen molar-refractivity contribution in [3.8, 4) is 5.75 Å². The number of hydrogen-bond donors (Lipinski definition) is 2. The number of aromatic amines is 1. The van der Waals surface area contributed by atoms with Crippen LogP contribution >= 0.6 is 0 Å². The van der Waals surface area contributed by atoms with Gasteiger partial charge in [0.05, 0.1) is 17.7 Å². The van der Waals surface area contributed by atoms with Crippen LogP contribution in [-0.4, -0.2) is 66.0 Å². The Labute approximate surface area is 214 Å². The van der Waals surface area contributed by atoms with Crippen molar-refractivity contribution < 1.29 is 14.6 Å². The molecule has 1 aromatic heterocycles. The summed E-state index contributed by atoms with van der Waals surface area (Å²) in [7, 11) is 3.84. The van der Waals surface area contributed by atoms with Crippen LogP contribution in [0.15, 0.2) is 54.6 Å². The number of H-pyrrole nitrogens is 1. The number of rotatable bonds is 12. The van der Waals surface area contributed by atoms with E-state index in [1.165, 1.54) is 17.6 Å². The zero-order valence-electron chi connectivity index (χ0n) is 21.6. The predicted molar refractivity (Wildman–Crippen MR) is 144 cm³/mol. The van der Waals surface area contributed by atoms with Crippen molar-refractivity contribution in [2.24, 2.45) is 11.8 Å². The third-order valence-electron chi connectivity index (χ3n) is 7.99. The molecule has 1 heterocycles. The van der Waals surface area contributed by atoms with Crippen LogP contribution in [0.4, 0.5) is 0 Å².